The van der Waals surface area contributed by atoms with Gasteiger partial charge in [-0.2, -0.15) is 0 Å². The van der Waals surface area contributed by atoms with E-state index in [4.69, 9.17) is 16.3 Å². The van der Waals surface area contributed by atoms with E-state index in [0.717, 1.165) is 22.4 Å². The van der Waals surface area contributed by atoms with Crippen LogP contribution in [0.5, 0.6) is 0 Å². The number of carbonyl (C=O) groups excluding carboxylic acids is 2. The number of hydrogen-bond donors (Lipinski definition) is 6. The van der Waals surface area contributed by atoms with Crippen molar-refractivity contribution in [2.45, 2.75) is 29.2 Å². The van der Waals surface area contributed by atoms with Crippen LogP contribution in [0.1, 0.15) is 24.0 Å². The lowest BCUT2D eigenvalue weighted by Crippen LogP contribution is -2.41. The molecule has 0 unspecified atom stereocenters. The Morgan fingerprint density at radius 2 is 1.60 bits per heavy atom. The second kappa shape index (κ2) is 13.0. The van der Waals surface area contributed by atoms with Gasteiger partial charge in [-0.15, -0.1) is 0 Å². The van der Waals surface area contributed by atoms with Gasteiger partial charge in [-0.05, 0) is 78.9 Å². The molecule has 1 fully saturated rings. The Hall–Kier alpha value is -3.91. The highest BCUT2D eigenvalue weighted by molar-refractivity contribution is 7.97. The lowest BCUT2D eigenvalue weighted by Gasteiger charge is -2.32. The fourth-order valence-electron chi connectivity index (χ4n) is 4.27. The molecule has 210 valence electrons. The quantitative estimate of drug-likeness (QED) is 0.127. The predicted octanol–water partition coefficient (Wildman–Crippen LogP) is 3.30. The Kier molecular flexibility index (Phi) is 9.42. The first-order valence-corrected chi connectivity index (χ1v) is 14.9. The average molecular weight is 582 g/mol. The van der Waals surface area contributed by atoms with Crippen LogP contribution in [0.4, 0.5) is 16.2 Å². The summed E-state index contributed by atoms with van der Waals surface area (Å²) in [5, 5.41) is 19.5. The number of anilines is 2. The van der Waals surface area contributed by atoms with Crippen molar-refractivity contribution in [1.29, 1.82) is 5.41 Å². The van der Waals surface area contributed by atoms with E-state index in [-0.39, 0.29) is 23.3 Å². The summed E-state index contributed by atoms with van der Waals surface area (Å²) in [6.45, 7) is 1.25. The van der Waals surface area contributed by atoms with E-state index >= 15 is 0 Å². The Morgan fingerprint density at radius 3 is 2.23 bits per heavy atom. The summed E-state index contributed by atoms with van der Waals surface area (Å²) in [6.07, 6.45) is 1.22. The topological polar surface area (TPSA) is 184 Å². The number of nitrogens with zero attached hydrogens (tertiary/aromatic N) is 1. The maximum Gasteiger partial charge on any atom is 0.323 e. The third-order valence-electron chi connectivity index (χ3n) is 6.56. The molecule has 11 nitrogen and oxygen atoms in total. The summed E-state index contributed by atoms with van der Waals surface area (Å²) < 4.78 is 27.9. The van der Waals surface area contributed by atoms with Crippen LogP contribution in [0, 0.1) is 11.3 Å². The number of benzene rings is 3. The number of urea groups is 1. The van der Waals surface area contributed by atoms with Gasteiger partial charge in [-0.1, -0.05) is 24.3 Å². The van der Waals surface area contributed by atoms with Crippen LogP contribution in [-0.4, -0.2) is 44.2 Å². The molecule has 4 rings (SSSR count). The lowest BCUT2D eigenvalue weighted by atomic mass is 9.95. The third kappa shape index (κ3) is 7.60. The molecule has 0 bridgehead atoms. The molecule has 1 aliphatic heterocycles. The van der Waals surface area contributed by atoms with Crippen LogP contribution in [0.25, 0.3) is 0 Å². The number of primary amides is 1. The van der Waals surface area contributed by atoms with E-state index in [0.29, 0.717) is 48.7 Å². The van der Waals surface area contributed by atoms with E-state index in [9.17, 15) is 18.0 Å². The number of nitrogens with one attached hydrogen (secondary N) is 4. The second-order valence-electron chi connectivity index (χ2n) is 9.28. The molecule has 40 heavy (non-hydrogen) atoms. The number of piperidine rings is 1. The van der Waals surface area contributed by atoms with Gasteiger partial charge in [0.1, 0.15) is 5.84 Å². The Balaban J connectivity index is 1.30. The summed E-state index contributed by atoms with van der Waals surface area (Å²) in [7, 11) is -3.75. The number of rotatable bonds is 9. The Labute approximate surface area is 237 Å². The molecule has 0 radical (unpaired) electrons. The molecule has 3 aromatic carbocycles. The van der Waals surface area contributed by atoms with Crippen LogP contribution in [0.2, 0.25) is 0 Å². The highest BCUT2D eigenvalue weighted by Crippen LogP contribution is 2.21. The fraction of sp³-hybridized carbons (Fsp3) is 0.222. The Morgan fingerprint density at radius 1 is 0.950 bits per heavy atom. The van der Waals surface area contributed by atoms with Crippen molar-refractivity contribution in [2.24, 2.45) is 16.8 Å². The van der Waals surface area contributed by atoms with Crippen molar-refractivity contribution in [3.8, 4) is 0 Å². The first kappa shape index (κ1) is 29.1. The highest BCUT2D eigenvalue weighted by Gasteiger charge is 2.25. The third-order valence-corrected chi connectivity index (χ3v) is 8.52. The van der Waals surface area contributed by atoms with E-state index in [1.807, 2.05) is 17.0 Å². The number of amides is 3. The first-order chi connectivity index (χ1) is 19.1. The van der Waals surface area contributed by atoms with Gasteiger partial charge in [0, 0.05) is 47.4 Å². The van der Waals surface area contributed by atoms with Crippen molar-refractivity contribution in [1.82, 2.24) is 9.62 Å². The van der Waals surface area contributed by atoms with Gasteiger partial charge in [0.25, 0.3) is 0 Å². The van der Waals surface area contributed by atoms with Gasteiger partial charge < -0.3 is 21.3 Å². The van der Waals surface area contributed by atoms with Crippen molar-refractivity contribution in [3.63, 3.8) is 0 Å². The molecule has 13 heteroatoms. The van der Waals surface area contributed by atoms with Crippen LogP contribution < -0.4 is 26.2 Å². The Bertz CT molecular complexity index is 1470. The summed E-state index contributed by atoms with van der Waals surface area (Å²) in [5.74, 6) is -0.158. The molecular formula is C27H31N7O4S2. The minimum absolute atomic E-state index is 0.0682. The molecule has 0 aromatic heterocycles. The highest BCUT2D eigenvalue weighted by atomic mass is 32.2. The van der Waals surface area contributed by atoms with E-state index in [1.165, 1.54) is 24.3 Å². The molecule has 0 aliphatic carbocycles. The molecular weight excluding hydrogens is 550 g/mol. The van der Waals surface area contributed by atoms with Gasteiger partial charge in [0.2, 0.25) is 15.9 Å². The number of likely N-dealkylation sites (tertiary alicyclic amines) is 1. The fourth-order valence-corrected chi connectivity index (χ4v) is 5.58. The van der Waals surface area contributed by atoms with Gasteiger partial charge in [0.05, 0.1) is 4.90 Å². The van der Waals surface area contributed by atoms with Crippen LogP contribution in [-0.2, 0) is 21.4 Å². The monoisotopic (exact) mass is 581 g/mol. The van der Waals surface area contributed by atoms with Crippen LogP contribution in [0.15, 0.2) is 82.6 Å². The molecule has 1 aliphatic rings. The second-order valence-corrected chi connectivity index (χ2v) is 11.8. The maximum atomic E-state index is 12.7. The zero-order valence-electron chi connectivity index (χ0n) is 21.6. The zero-order chi connectivity index (χ0) is 28.7. The molecule has 1 saturated heterocycles. The number of amidine groups is 1. The summed E-state index contributed by atoms with van der Waals surface area (Å²) >= 11 is 1.12. The number of hydrogen-bond acceptors (Lipinski definition) is 7. The minimum atomic E-state index is -3.75. The summed E-state index contributed by atoms with van der Waals surface area (Å²) in [6, 6.07) is 19.5. The molecule has 0 atom stereocenters. The van der Waals surface area contributed by atoms with Crippen molar-refractivity contribution in [3.05, 3.63) is 83.9 Å². The van der Waals surface area contributed by atoms with Gasteiger partial charge >= 0.3 is 6.03 Å². The molecule has 1 heterocycles. The largest absolute Gasteiger partial charge is 0.369 e. The first-order valence-electron chi connectivity index (χ1n) is 12.5. The van der Waals surface area contributed by atoms with E-state index in [2.05, 4.69) is 15.4 Å². The molecule has 3 aromatic rings. The normalized spacial score (nSPS) is 14.0. The summed E-state index contributed by atoms with van der Waals surface area (Å²) in [5.41, 5.74) is 7.73. The smallest absolute Gasteiger partial charge is 0.323 e. The van der Waals surface area contributed by atoms with Gasteiger partial charge in [0.15, 0.2) is 0 Å². The zero-order valence-corrected chi connectivity index (χ0v) is 23.2. The molecule has 3 amide bonds. The average Bonchev–Trinajstić information content (AvgIpc) is 2.96. The predicted molar refractivity (Wildman–Crippen MR) is 156 cm³/mol. The molecule has 0 saturated carbocycles. The van der Waals surface area contributed by atoms with Gasteiger partial charge in [-0.3, -0.25) is 15.3 Å². The van der Waals surface area contributed by atoms with Gasteiger partial charge in [-0.25, -0.2) is 17.9 Å². The number of carbonyl (C=O) groups is 2. The van der Waals surface area contributed by atoms with Crippen molar-refractivity contribution < 1.29 is 18.0 Å². The number of nitrogens with two attached hydrogens (primary N) is 2. The standard InChI is InChI=1S/C27H31N7O4S2/c28-25(34-14-12-19(13-15-34)26(29)35)20-2-1-3-22(16-20)33-27(36)32-21-6-10-24(11-7-21)40(37,38)31-17-18-4-8-23(39-30)9-5-18/h1-11,16,19,28,31H,12-15,17,30H2,(H2,29,35)(H2,32,33,36). The van der Waals surface area contributed by atoms with E-state index < -0.39 is 16.1 Å². The SMILES string of the molecule is N=C(c1cccc(NC(=O)Nc2ccc(S(=O)(=O)NCc3ccc(SN)cc3)cc2)c1)N1CCC(C(N)=O)CC1. The van der Waals surface area contributed by atoms with Crippen molar-refractivity contribution in [2.75, 3.05) is 23.7 Å². The molecule has 8 N–H and O–H groups in total. The van der Waals surface area contributed by atoms with E-state index in [1.54, 1.807) is 36.4 Å². The van der Waals surface area contributed by atoms with Crippen LogP contribution in [0.3, 0.4) is 0 Å². The maximum absolute atomic E-state index is 12.7. The minimum Gasteiger partial charge on any atom is -0.369 e. The molecule has 0 spiro atoms. The van der Waals surface area contributed by atoms with Crippen LogP contribution >= 0.6 is 11.9 Å². The summed E-state index contributed by atoms with van der Waals surface area (Å²) in [4.78, 5) is 26.8. The number of sulfonamides is 1. The van der Waals surface area contributed by atoms with Crippen molar-refractivity contribution >= 4 is 51.1 Å². The lowest BCUT2D eigenvalue weighted by molar-refractivity contribution is -0.122.